The summed E-state index contributed by atoms with van der Waals surface area (Å²) in [6.07, 6.45) is 1.24. The van der Waals surface area contributed by atoms with Crippen LogP contribution < -0.4 is 0 Å². The largest absolute Gasteiger partial charge is 0.305 e. The molecule has 0 bridgehead atoms. The molecule has 0 aliphatic heterocycles. The molecule has 0 unspecified atom stereocenters. The van der Waals surface area contributed by atoms with Gasteiger partial charge in [0.05, 0.1) is 5.75 Å². The SMILES string of the molecule is [CH2]CN(C)CCS(C)(=O)=O. The summed E-state index contributed by atoms with van der Waals surface area (Å²) < 4.78 is 21.2. The van der Waals surface area contributed by atoms with Crippen LogP contribution in [-0.4, -0.2) is 45.5 Å². The third-order valence-electron chi connectivity index (χ3n) is 1.23. The molecule has 0 atom stereocenters. The maximum Gasteiger partial charge on any atom is 0.148 e. The molecule has 0 N–H and O–H groups in total. The van der Waals surface area contributed by atoms with Crippen molar-refractivity contribution in [3.05, 3.63) is 6.92 Å². The Kier molecular flexibility index (Phi) is 3.89. The van der Waals surface area contributed by atoms with E-state index >= 15 is 0 Å². The van der Waals surface area contributed by atoms with Crippen molar-refractivity contribution in [1.29, 1.82) is 0 Å². The van der Waals surface area contributed by atoms with Crippen LogP contribution in [0.25, 0.3) is 0 Å². The quantitative estimate of drug-likeness (QED) is 0.577. The van der Waals surface area contributed by atoms with E-state index in [4.69, 9.17) is 0 Å². The van der Waals surface area contributed by atoms with Crippen LogP contribution >= 0.6 is 0 Å². The second kappa shape index (κ2) is 3.93. The van der Waals surface area contributed by atoms with Gasteiger partial charge >= 0.3 is 0 Å². The number of hydrogen-bond donors (Lipinski definition) is 0. The van der Waals surface area contributed by atoms with Crippen molar-refractivity contribution >= 4 is 9.84 Å². The minimum Gasteiger partial charge on any atom is -0.305 e. The minimum atomic E-state index is -2.80. The lowest BCUT2D eigenvalue weighted by molar-refractivity contribution is 0.391. The molecule has 1 radical (unpaired) electrons. The van der Waals surface area contributed by atoms with Gasteiger partial charge in [-0.25, -0.2) is 8.42 Å². The molecule has 0 aliphatic rings. The highest BCUT2D eigenvalue weighted by Gasteiger charge is 2.02. The van der Waals surface area contributed by atoms with Gasteiger partial charge in [0.1, 0.15) is 9.84 Å². The normalized spacial score (nSPS) is 12.4. The third-order valence-corrected chi connectivity index (χ3v) is 2.15. The second-order valence-electron chi connectivity index (χ2n) is 2.43. The zero-order chi connectivity index (χ0) is 8.20. The van der Waals surface area contributed by atoms with E-state index in [0.29, 0.717) is 13.1 Å². The Hall–Kier alpha value is -0.0900. The van der Waals surface area contributed by atoms with Crippen molar-refractivity contribution in [2.24, 2.45) is 0 Å². The molecule has 4 heteroatoms. The van der Waals surface area contributed by atoms with Crippen molar-refractivity contribution in [2.75, 3.05) is 32.1 Å². The van der Waals surface area contributed by atoms with E-state index in [1.807, 2.05) is 11.9 Å². The molecule has 61 valence electrons. The number of rotatable bonds is 4. The van der Waals surface area contributed by atoms with Crippen molar-refractivity contribution in [1.82, 2.24) is 4.90 Å². The lowest BCUT2D eigenvalue weighted by Gasteiger charge is -2.11. The van der Waals surface area contributed by atoms with Gasteiger partial charge in [0, 0.05) is 12.8 Å². The average Bonchev–Trinajstić information content (AvgIpc) is 1.81. The Morgan fingerprint density at radius 1 is 1.50 bits per heavy atom. The smallest absolute Gasteiger partial charge is 0.148 e. The van der Waals surface area contributed by atoms with Gasteiger partial charge in [0.2, 0.25) is 0 Å². The van der Waals surface area contributed by atoms with E-state index in [1.165, 1.54) is 6.26 Å². The first-order valence-electron chi connectivity index (χ1n) is 3.11. The Labute approximate surface area is 62.9 Å². The van der Waals surface area contributed by atoms with E-state index in [2.05, 4.69) is 6.92 Å². The predicted molar refractivity (Wildman–Crippen MR) is 42.6 cm³/mol. The van der Waals surface area contributed by atoms with E-state index in [-0.39, 0.29) is 5.75 Å². The molecule has 0 saturated heterocycles. The maximum atomic E-state index is 10.6. The second-order valence-corrected chi connectivity index (χ2v) is 4.69. The predicted octanol–water partition coefficient (Wildman–Crippen LogP) is -0.203. The highest BCUT2D eigenvalue weighted by molar-refractivity contribution is 7.90. The zero-order valence-electron chi connectivity index (χ0n) is 6.50. The highest BCUT2D eigenvalue weighted by Crippen LogP contribution is 1.85. The van der Waals surface area contributed by atoms with Gasteiger partial charge in [-0.15, -0.1) is 0 Å². The molecule has 0 aromatic heterocycles. The van der Waals surface area contributed by atoms with Gasteiger partial charge in [-0.1, -0.05) is 0 Å². The Balaban J connectivity index is 3.56. The van der Waals surface area contributed by atoms with E-state index in [1.54, 1.807) is 0 Å². The van der Waals surface area contributed by atoms with Crippen LogP contribution in [0.3, 0.4) is 0 Å². The lowest BCUT2D eigenvalue weighted by atomic mass is 10.6. The Morgan fingerprint density at radius 2 is 2.00 bits per heavy atom. The van der Waals surface area contributed by atoms with Crippen molar-refractivity contribution in [3.63, 3.8) is 0 Å². The van der Waals surface area contributed by atoms with Crippen LogP contribution in [0.15, 0.2) is 0 Å². The van der Waals surface area contributed by atoms with Crippen LogP contribution in [0.2, 0.25) is 0 Å². The summed E-state index contributed by atoms with van der Waals surface area (Å²) in [6.45, 7) is 4.84. The summed E-state index contributed by atoms with van der Waals surface area (Å²) in [7, 11) is -0.953. The topological polar surface area (TPSA) is 37.4 Å². The first-order valence-corrected chi connectivity index (χ1v) is 5.17. The molecule has 0 amide bonds. The molecule has 10 heavy (non-hydrogen) atoms. The fraction of sp³-hybridized carbons (Fsp3) is 0.833. The van der Waals surface area contributed by atoms with Crippen molar-refractivity contribution in [3.8, 4) is 0 Å². The number of hydrogen-bond acceptors (Lipinski definition) is 3. The van der Waals surface area contributed by atoms with E-state index < -0.39 is 9.84 Å². The van der Waals surface area contributed by atoms with Crippen LogP contribution in [0.4, 0.5) is 0 Å². The fourth-order valence-corrected chi connectivity index (χ4v) is 1.08. The zero-order valence-corrected chi connectivity index (χ0v) is 7.32. The summed E-state index contributed by atoms with van der Waals surface area (Å²) in [5.74, 6) is 0.221. The molecule has 0 aliphatic carbocycles. The molecule has 0 aromatic carbocycles. The first-order chi connectivity index (χ1) is 4.45. The Bertz CT molecular complexity index is 174. The summed E-state index contributed by atoms with van der Waals surface area (Å²) in [4.78, 5) is 1.86. The fourth-order valence-electron chi connectivity index (χ4n) is 0.433. The molecular formula is C6H14NO2S. The summed E-state index contributed by atoms with van der Waals surface area (Å²) in [5, 5.41) is 0. The maximum absolute atomic E-state index is 10.6. The Morgan fingerprint density at radius 3 is 2.30 bits per heavy atom. The van der Waals surface area contributed by atoms with Crippen molar-refractivity contribution < 1.29 is 8.42 Å². The molecule has 0 aromatic rings. The summed E-state index contributed by atoms with van der Waals surface area (Å²) in [6, 6.07) is 0. The lowest BCUT2D eigenvalue weighted by Crippen LogP contribution is -2.24. The molecule has 0 saturated carbocycles. The first kappa shape index (κ1) is 9.91. The van der Waals surface area contributed by atoms with Crippen LogP contribution in [0, 0.1) is 6.92 Å². The summed E-state index contributed by atoms with van der Waals surface area (Å²) >= 11 is 0. The van der Waals surface area contributed by atoms with Gasteiger partial charge in [0.15, 0.2) is 0 Å². The molecule has 3 nitrogen and oxygen atoms in total. The van der Waals surface area contributed by atoms with Crippen LogP contribution in [-0.2, 0) is 9.84 Å². The number of sulfone groups is 1. The van der Waals surface area contributed by atoms with Crippen molar-refractivity contribution in [2.45, 2.75) is 0 Å². The standard InChI is InChI=1S/C6H14NO2S/c1-4-7(2)5-6-10(3,8)9/h1,4-6H2,2-3H3. The highest BCUT2D eigenvalue weighted by atomic mass is 32.2. The average molecular weight is 164 g/mol. The van der Waals surface area contributed by atoms with Gasteiger partial charge in [-0.05, 0) is 20.5 Å². The molecular weight excluding hydrogens is 150 g/mol. The van der Waals surface area contributed by atoms with Gasteiger partial charge < -0.3 is 4.90 Å². The monoisotopic (exact) mass is 164 g/mol. The molecule has 0 fully saturated rings. The molecule has 0 rings (SSSR count). The van der Waals surface area contributed by atoms with Crippen LogP contribution in [0.5, 0.6) is 0 Å². The minimum absolute atomic E-state index is 0.221. The van der Waals surface area contributed by atoms with E-state index in [0.717, 1.165) is 0 Å². The summed E-state index contributed by atoms with van der Waals surface area (Å²) in [5.41, 5.74) is 0. The number of nitrogens with zero attached hydrogens (tertiary/aromatic N) is 1. The van der Waals surface area contributed by atoms with Gasteiger partial charge in [-0.2, -0.15) is 0 Å². The molecule has 0 heterocycles. The van der Waals surface area contributed by atoms with E-state index in [9.17, 15) is 8.42 Å². The van der Waals surface area contributed by atoms with Gasteiger partial charge in [-0.3, -0.25) is 0 Å². The third kappa shape index (κ3) is 6.04. The van der Waals surface area contributed by atoms with Crippen LogP contribution in [0.1, 0.15) is 0 Å². The van der Waals surface area contributed by atoms with Gasteiger partial charge in [0.25, 0.3) is 0 Å². The molecule has 0 spiro atoms.